The van der Waals surface area contributed by atoms with Crippen LogP contribution in [0.3, 0.4) is 0 Å². The molecule has 0 aromatic rings. The second kappa shape index (κ2) is 10.5. The van der Waals surface area contributed by atoms with Gasteiger partial charge in [-0.3, -0.25) is 4.79 Å². The van der Waals surface area contributed by atoms with Gasteiger partial charge in [-0.1, -0.05) is 0 Å². The summed E-state index contributed by atoms with van der Waals surface area (Å²) in [5, 5.41) is 0. The van der Waals surface area contributed by atoms with E-state index in [1.165, 1.54) is 0 Å². The highest BCUT2D eigenvalue weighted by Gasteiger charge is 2.29. The Labute approximate surface area is 113 Å². The van der Waals surface area contributed by atoms with Gasteiger partial charge < -0.3 is 18.9 Å². The number of rotatable bonds is 10. The van der Waals surface area contributed by atoms with Gasteiger partial charge in [0.05, 0.1) is 13.2 Å². The number of esters is 1. The van der Waals surface area contributed by atoms with E-state index in [1.807, 2.05) is 0 Å². The van der Waals surface area contributed by atoms with Crippen LogP contribution in [0.15, 0.2) is 11.8 Å². The van der Waals surface area contributed by atoms with Crippen LogP contribution in [0.25, 0.3) is 0 Å². The predicted molar refractivity (Wildman–Crippen MR) is 68.4 cm³/mol. The van der Waals surface area contributed by atoms with E-state index in [4.69, 9.17) is 18.9 Å². The van der Waals surface area contributed by atoms with Gasteiger partial charge in [0.25, 0.3) is 0 Å². The molecule has 0 unspecified atom stereocenters. The van der Waals surface area contributed by atoms with E-state index in [0.717, 1.165) is 6.26 Å². The Morgan fingerprint density at radius 2 is 1.53 bits per heavy atom. The summed E-state index contributed by atoms with van der Waals surface area (Å²) < 4.78 is 20.1. The monoisotopic (exact) mass is 274 g/mol. The molecule has 0 aliphatic heterocycles. The van der Waals surface area contributed by atoms with Crippen LogP contribution in [0.4, 0.5) is 0 Å². The van der Waals surface area contributed by atoms with Gasteiger partial charge in [-0.25, -0.2) is 4.79 Å². The van der Waals surface area contributed by atoms with Gasteiger partial charge in [-0.05, 0) is 27.7 Å². The molecule has 6 heteroatoms. The fraction of sp³-hybridized carbons (Fsp3) is 0.692. The fourth-order valence-corrected chi connectivity index (χ4v) is 1.21. The lowest BCUT2D eigenvalue weighted by atomic mass is 10.2. The molecule has 0 fully saturated rings. The molecule has 0 aliphatic rings. The molecular weight excluding hydrogens is 252 g/mol. The minimum atomic E-state index is -1.12. The van der Waals surface area contributed by atoms with Crippen LogP contribution in [0, 0.1) is 0 Å². The van der Waals surface area contributed by atoms with Crippen molar-refractivity contribution in [1.82, 2.24) is 0 Å². The van der Waals surface area contributed by atoms with Crippen molar-refractivity contribution < 1.29 is 28.5 Å². The number of hydrogen-bond acceptors (Lipinski definition) is 6. The van der Waals surface area contributed by atoms with Gasteiger partial charge in [0.1, 0.15) is 11.8 Å². The van der Waals surface area contributed by atoms with E-state index in [2.05, 4.69) is 0 Å². The Morgan fingerprint density at radius 3 is 1.95 bits per heavy atom. The van der Waals surface area contributed by atoms with E-state index >= 15 is 0 Å². The van der Waals surface area contributed by atoms with Crippen molar-refractivity contribution in [2.75, 3.05) is 26.4 Å². The van der Waals surface area contributed by atoms with E-state index in [0.29, 0.717) is 19.8 Å². The van der Waals surface area contributed by atoms with E-state index in [-0.39, 0.29) is 12.2 Å². The van der Waals surface area contributed by atoms with Crippen molar-refractivity contribution in [3.05, 3.63) is 11.8 Å². The highest BCUT2D eigenvalue weighted by atomic mass is 16.7. The van der Waals surface area contributed by atoms with Crippen LogP contribution in [-0.4, -0.2) is 44.5 Å². The summed E-state index contributed by atoms with van der Waals surface area (Å²) in [5.74, 6) is -1.35. The molecule has 110 valence electrons. The summed E-state index contributed by atoms with van der Waals surface area (Å²) in [4.78, 5) is 23.8. The first kappa shape index (κ1) is 17.6. The number of ketones is 1. The lowest BCUT2D eigenvalue weighted by molar-refractivity contribution is -0.166. The summed E-state index contributed by atoms with van der Waals surface area (Å²) in [6.07, 6.45) is -0.0307. The third-order valence-electron chi connectivity index (χ3n) is 1.98. The molecule has 0 saturated heterocycles. The summed E-state index contributed by atoms with van der Waals surface area (Å²) >= 11 is 0. The van der Waals surface area contributed by atoms with Crippen molar-refractivity contribution in [1.29, 1.82) is 0 Å². The van der Waals surface area contributed by atoms with Crippen molar-refractivity contribution in [2.45, 2.75) is 34.0 Å². The Hall–Kier alpha value is -1.40. The normalized spacial score (nSPS) is 11.5. The fourth-order valence-electron chi connectivity index (χ4n) is 1.21. The first-order valence-corrected chi connectivity index (χ1v) is 6.38. The van der Waals surface area contributed by atoms with Crippen LogP contribution in [0.2, 0.25) is 0 Å². The van der Waals surface area contributed by atoms with Crippen LogP contribution in [0.1, 0.15) is 27.7 Å². The number of carbonyl (C=O) groups excluding carboxylic acids is 2. The third-order valence-corrected chi connectivity index (χ3v) is 1.98. The topological polar surface area (TPSA) is 71.1 Å². The van der Waals surface area contributed by atoms with E-state index in [1.54, 1.807) is 27.7 Å². The standard InChI is InChI=1S/C13H22O6/c1-5-16-9-10(12(15)17-6-2)11(14)13(18-7-3)19-8-4/h9,13H,5-8H2,1-4H3/b10-9+. The molecule has 0 atom stereocenters. The zero-order valence-corrected chi connectivity index (χ0v) is 11.9. The van der Waals surface area contributed by atoms with Crippen LogP contribution in [0.5, 0.6) is 0 Å². The van der Waals surface area contributed by atoms with Crippen LogP contribution < -0.4 is 0 Å². The molecule has 0 aliphatic carbocycles. The number of hydrogen-bond donors (Lipinski definition) is 0. The summed E-state index contributed by atoms with van der Waals surface area (Å²) in [6.45, 7) is 7.96. The number of Topliss-reactive ketones (excluding diaryl/α,β-unsaturated/α-hetero) is 1. The molecule has 0 aromatic heterocycles. The highest BCUT2D eigenvalue weighted by Crippen LogP contribution is 2.09. The Kier molecular flexibility index (Phi) is 9.74. The molecule has 0 N–H and O–H groups in total. The average Bonchev–Trinajstić information content (AvgIpc) is 2.39. The van der Waals surface area contributed by atoms with Gasteiger partial charge >= 0.3 is 5.97 Å². The predicted octanol–water partition coefficient (Wildman–Crippen LogP) is 1.44. The third kappa shape index (κ3) is 6.35. The number of ether oxygens (including phenoxy) is 4. The van der Waals surface area contributed by atoms with Crippen molar-refractivity contribution in [2.24, 2.45) is 0 Å². The molecule has 0 radical (unpaired) electrons. The van der Waals surface area contributed by atoms with Gasteiger partial charge in [0.15, 0.2) is 0 Å². The lowest BCUT2D eigenvalue weighted by Gasteiger charge is -2.16. The van der Waals surface area contributed by atoms with Gasteiger partial charge in [-0.15, -0.1) is 0 Å². The van der Waals surface area contributed by atoms with Gasteiger partial charge in [-0.2, -0.15) is 0 Å². The van der Waals surface area contributed by atoms with Gasteiger partial charge in [0.2, 0.25) is 12.1 Å². The zero-order chi connectivity index (χ0) is 14.7. The molecule has 0 spiro atoms. The smallest absolute Gasteiger partial charge is 0.345 e. The lowest BCUT2D eigenvalue weighted by Crippen LogP contribution is -2.32. The summed E-state index contributed by atoms with van der Waals surface area (Å²) in [7, 11) is 0. The van der Waals surface area contributed by atoms with Crippen molar-refractivity contribution >= 4 is 11.8 Å². The first-order chi connectivity index (χ1) is 9.12. The largest absolute Gasteiger partial charge is 0.500 e. The molecule has 6 nitrogen and oxygen atoms in total. The highest BCUT2D eigenvalue weighted by molar-refractivity contribution is 6.18. The molecule has 0 rings (SSSR count). The quantitative estimate of drug-likeness (QED) is 0.150. The average molecular weight is 274 g/mol. The van der Waals surface area contributed by atoms with E-state index < -0.39 is 18.0 Å². The molecule has 0 aromatic carbocycles. The molecule has 0 bridgehead atoms. The van der Waals surface area contributed by atoms with Crippen LogP contribution >= 0.6 is 0 Å². The van der Waals surface area contributed by atoms with Crippen LogP contribution in [-0.2, 0) is 28.5 Å². The minimum Gasteiger partial charge on any atom is -0.500 e. The second-order valence-electron chi connectivity index (χ2n) is 3.31. The van der Waals surface area contributed by atoms with Crippen molar-refractivity contribution in [3.63, 3.8) is 0 Å². The molecule has 0 amide bonds. The Bertz CT molecular complexity index is 304. The molecule has 0 heterocycles. The zero-order valence-electron chi connectivity index (χ0n) is 11.9. The van der Waals surface area contributed by atoms with Gasteiger partial charge in [0, 0.05) is 13.2 Å². The Balaban J connectivity index is 5.00. The molecule has 0 saturated carbocycles. The molecular formula is C13H22O6. The SMILES string of the molecule is CCO/C=C(/C(=O)OCC)C(=O)C(OCC)OCC. The summed E-state index contributed by atoms with van der Waals surface area (Å²) in [5.41, 5.74) is -0.212. The minimum absolute atomic E-state index is 0.170. The Morgan fingerprint density at radius 1 is 0.947 bits per heavy atom. The second-order valence-corrected chi connectivity index (χ2v) is 3.31. The van der Waals surface area contributed by atoms with E-state index in [9.17, 15) is 9.59 Å². The number of carbonyl (C=O) groups is 2. The summed E-state index contributed by atoms with van der Waals surface area (Å²) in [6, 6.07) is 0. The molecule has 19 heavy (non-hydrogen) atoms. The maximum atomic E-state index is 12.1. The maximum Gasteiger partial charge on any atom is 0.345 e. The van der Waals surface area contributed by atoms with Crippen molar-refractivity contribution in [3.8, 4) is 0 Å². The first-order valence-electron chi connectivity index (χ1n) is 6.38. The maximum absolute atomic E-state index is 12.1.